The molecular formula is C8H12NO. The van der Waals surface area contributed by atoms with Gasteiger partial charge in [-0.25, -0.2) is 0 Å². The van der Waals surface area contributed by atoms with E-state index in [9.17, 15) is 4.79 Å². The Hall–Kier alpha value is -0.790. The monoisotopic (exact) mass is 138 g/mol. The Labute approximate surface area is 61.5 Å². The van der Waals surface area contributed by atoms with E-state index in [4.69, 9.17) is 0 Å². The number of amides is 1. The van der Waals surface area contributed by atoms with Crippen LogP contribution in [-0.4, -0.2) is 23.9 Å². The lowest BCUT2D eigenvalue weighted by atomic mass is 10.2. The van der Waals surface area contributed by atoms with Gasteiger partial charge in [-0.05, 0) is 12.5 Å². The van der Waals surface area contributed by atoms with Gasteiger partial charge >= 0.3 is 0 Å². The van der Waals surface area contributed by atoms with Gasteiger partial charge in [-0.3, -0.25) is 4.79 Å². The second-order valence-electron chi connectivity index (χ2n) is 2.37. The van der Waals surface area contributed by atoms with E-state index < -0.39 is 0 Å². The van der Waals surface area contributed by atoms with Gasteiger partial charge in [-0.2, -0.15) is 0 Å². The molecule has 0 bridgehead atoms. The zero-order chi connectivity index (χ0) is 7.40. The Morgan fingerprint density at radius 3 is 3.10 bits per heavy atom. The molecule has 0 unspecified atom stereocenters. The van der Waals surface area contributed by atoms with Crippen molar-refractivity contribution in [2.24, 2.45) is 0 Å². The van der Waals surface area contributed by atoms with Gasteiger partial charge in [0.2, 0.25) is 5.91 Å². The van der Waals surface area contributed by atoms with Crippen molar-refractivity contribution in [3.8, 4) is 0 Å². The predicted octanol–water partition coefficient (Wildman–Crippen LogP) is 0.988. The van der Waals surface area contributed by atoms with E-state index in [1.165, 1.54) is 0 Å². The fourth-order valence-electron chi connectivity index (χ4n) is 1.01. The minimum absolute atomic E-state index is 0.237. The van der Waals surface area contributed by atoms with Crippen LogP contribution in [-0.2, 0) is 4.79 Å². The van der Waals surface area contributed by atoms with Gasteiger partial charge in [0.1, 0.15) is 0 Å². The van der Waals surface area contributed by atoms with Crippen LogP contribution in [0.5, 0.6) is 0 Å². The van der Waals surface area contributed by atoms with Gasteiger partial charge in [-0.1, -0.05) is 13.0 Å². The van der Waals surface area contributed by atoms with Crippen LogP contribution in [0.2, 0.25) is 0 Å². The van der Waals surface area contributed by atoms with Crippen LogP contribution < -0.4 is 0 Å². The first-order chi connectivity index (χ1) is 4.84. The first kappa shape index (κ1) is 7.32. The van der Waals surface area contributed by atoms with Crippen LogP contribution in [0.3, 0.4) is 0 Å². The molecule has 0 N–H and O–H groups in total. The Bertz CT molecular complexity index is 151. The smallest absolute Gasteiger partial charge is 0.222 e. The number of rotatable bonds is 1. The third-order valence-corrected chi connectivity index (χ3v) is 1.62. The molecule has 0 saturated heterocycles. The number of hydrogen-bond donors (Lipinski definition) is 0. The highest BCUT2D eigenvalue weighted by Gasteiger charge is 2.10. The first-order valence-corrected chi connectivity index (χ1v) is 3.67. The minimum Gasteiger partial charge on any atom is -0.338 e. The lowest BCUT2D eigenvalue weighted by Gasteiger charge is -2.22. The van der Waals surface area contributed by atoms with Crippen molar-refractivity contribution in [2.45, 2.75) is 19.8 Å². The van der Waals surface area contributed by atoms with Crippen LogP contribution in [0, 0.1) is 6.08 Å². The third-order valence-electron chi connectivity index (χ3n) is 1.62. The summed E-state index contributed by atoms with van der Waals surface area (Å²) in [6.07, 6.45) is 6.61. The highest BCUT2D eigenvalue weighted by molar-refractivity contribution is 5.76. The zero-order valence-electron chi connectivity index (χ0n) is 6.26. The van der Waals surface area contributed by atoms with Crippen molar-refractivity contribution in [1.82, 2.24) is 4.90 Å². The fraction of sp³-hybridized carbons (Fsp3) is 0.625. The summed E-state index contributed by atoms with van der Waals surface area (Å²) in [7, 11) is 0. The van der Waals surface area contributed by atoms with Crippen molar-refractivity contribution in [2.75, 3.05) is 13.1 Å². The fourth-order valence-corrected chi connectivity index (χ4v) is 1.01. The molecule has 1 aliphatic heterocycles. The Morgan fingerprint density at radius 2 is 2.60 bits per heavy atom. The van der Waals surface area contributed by atoms with Crippen LogP contribution in [0.25, 0.3) is 0 Å². The average molecular weight is 138 g/mol. The molecule has 1 amide bonds. The van der Waals surface area contributed by atoms with Gasteiger partial charge in [0.25, 0.3) is 0 Å². The Morgan fingerprint density at radius 1 is 1.80 bits per heavy atom. The maximum Gasteiger partial charge on any atom is 0.222 e. The first-order valence-electron chi connectivity index (χ1n) is 3.67. The topological polar surface area (TPSA) is 20.3 Å². The molecule has 0 spiro atoms. The van der Waals surface area contributed by atoms with E-state index >= 15 is 0 Å². The summed E-state index contributed by atoms with van der Waals surface area (Å²) in [5, 5.41) is 0. The van der Waals surface area contributed by atoms with Crippen LogP contribution in [0.1, 0.15) is 19.8 Å². The standard InChI is InChI=1S/C8H12NO/c1-2-8(10)9-6-4-3-5-7-9/h3H,2,4,6-7H2,1H3. The molecule has 2 nitrogen and oxygen atoms in total. The number of carbonyl (C=O) groups is 1. The van der Waals surface area contributed by atoms with Crippen molar-refractivity contribution >= 4 is 5.91 Å². The molecular weight excluding hydrogens is 126 g/mol. The highest BCUT2D eigenvalue weighted by atomic mass is 16.2. The van der Waals surface area contributed by atoms with Gasteiger partial charge < -0.3 is 4.90 Å². The SMILES string of the molecule is CCC(=O)N1C[C]=CCC1. The molecule has 10 heavy (non-hydrogen) atoms. The summed E-state index contributed by atoms with van der Waals surface area (Å²) in [5.41, 5.74) is 0. The average Bonchev–Trinajstić information content (AvgIpc) is 2.05. The molecule has 1 radical (unpaired) electrons. The lowest BCUT2D eigenvalue weighted by Crippen LogP contribution is -2.33. The molecule has 0 fully saturated rings. The van der Waals surface area contributed by atoms with Crippen molar-refractivity contribution < 1.29 is 4.79 Å². The van der Waals surface area contributed by atoms with Crippen LogP contribution >= 0.6 is 0 Å². The summed E-state index contributed by atoms with van der Waals surface area (Å²) >= 11 is 0. The Balaban J connectivity index is 2.41. The van der Waals surface area contributed by atoms with Crippen molar-refractivity contribution in [1.29, 1.82) is 0 Å². The second kappa shape index (κ2) is 3.40. The van der Waals surface area contributed by atoms with E-state index in [0.29, 0.717) is 13.0 Å². The largest absolute Gasteiger partial charge is 0.338 e. The summed E-state index contributed by atoms with van der Waals surface area (Å²) in [4.78, 5) is 12.9. The summed E-state index contributed by atoms with van der Waals surface area (Å²) in [6.45, 7) is 3.45. The lowest BCUT2D eigenvalue weighted by molar-refractivity contribution is -0.130. The van der Waals surface area contributed by atoms with Crippen molar-refractivity contribution in [3.05, 3.63) is 12.2 Å². The number of carbonyl (C=O) groups excluding carboxylic acids is 1. The molecule has 0 aromatic carbocycles. The Kier molecular flexibility index (Phi) is 2.49. The molecule has 2 heteroatoms. The van der Waals surface area contributed by atoms with Gasteiger partial charge in [0.05, 0.1) is 0 Å². The quantitative estimate of drug-likeness (QED) is 0.529. The molecule has 0 atom stereocenters. The van der Waals surface area contributed by atoms with Gasteiger partial charge in [0, 0.05) is 19.5 Å². The molecule has 55 valence electrons. The van der Waals surface area contributed by atoms with Crippen LogP contribution in [0.4, 0.5) is 0 Å². The minimum atomic E-state index is 0.237. The van der Waals surface area contributed by atoms with Gasteiger partial charge in [0.15, 0.2) is 0 Å². The van der Waals surface area contributed by atoms with E-state index in [2.05, 4.69) is 6.08 Å². The zero-order valence-corrected chi connectivity index (χ0v) is 6.26. The summed E-state index contributed by atoms with van der Waals surface area (Å²) < 4.78 is 0. The number of hydrogen-bond acceptors (Lipinski definition) is 1. The molecule has 0 saturated carbocycles. The normalized spacial score (nSPS) is 17.5. The molecule has 0 aliphatic carbocycles. The molecule has 0 aromatic heterocycles. The van der Waals surface area contributed by atoms with Gasteiger partial charge in [-0.15, -0.1) is 0 Å². The molecule has 1 aliphatic rings. The van der Waals surface area contributed by atoms with E-state index in [-0.39, 0.29) is 5.91 Å². The third kappa shape index (κ3) is 1.59. The molecule has 1 rings (SSSR count). The predicted molar refractivity (Wildman–Crippen MR) is 39.3 cm³/mol. The van der Waals surface area contributed by atoms with Crippen LogP contribution in [0.15, 0.2) is 6.08 Å². The molecule has 0 aromatic rings. The highest BCUT2D eigenvalue weighted by Crippen LogP contribution is 2.01. The molecule has 1 heterocycles. The maximum absolute atomic E-state index is 11.0. The van der Waals surface area contributed by atoms with E-state index in [0.717, 1.165) is 13.0 Å². The van der Waals surface area contributed by atoms with E-state index in [1.54, 1.807) is 0 Å². The maximum atomic E-state index is 11.0. The summed E-state index contributed by atoms with van der Waals surface area (Å²) in [6, 6.07) is 0. The summed E-state index contributed by atoms with van der Waals surface area (Å²) in [5.74, 6) is 0.237. The number of nitrogens with zero attached hydrogens (tertiary/aromatic N) is 1. The second-order valence-corrected chi connectivity index (χ2v) is 2.37. The van der Waals surface area contributed by atoms with E-state index in [1.807, 2.05) is 17.9 Å². The van der Waals surface area contributed by atoms with Crippen molar-refractivity contribution in [3.63, 3.8) is 0 Å².